The number of likely N-dealkylation sites (N-methyl/N-ethyl adjacent to an activating group) is 2. The van der Waals surface area contributed by atoms with Gasteiger partial charge in [0.2, 0.25) is 11.7 Å². The Balaban J connectivity index is 2.47. The molecule has 0 aliphatic rings. The van der Waals surface area contributed by atoms with Crippen LogP contribution in [0, 0.1) is 0 Å². The van der Waals surface area contributed by atoms with Gasteiger partial charge in [0, 0.05) is 6.54 Å². The van der Waals surface area contributed by atoms with Gasteiger partial charge in [-0.15, -0.1) is 0 Å². The van der Waals surface area contributed by atoms with Crippen LogP contribution in [0.15, 0.2) is 16.5 Å². The molecule has 0 saturated carbocycles. The number of hydrogen-bond acceptors (Lipinski definition) is 4. The number of furan rings is 1. The third-order valence-electron chi connectivity index (χ3n) is 2.09. The van der Waals surface area contributed by atoms with E-state index in [0.717, 1.165) is 0 Å². The molecule has 0 atom stereocenters. The topological polar surface area (TPSA) is 82.8 Å². The van der Waals surface area contributed by atoms with Gasteiger partial charge in [0.15, 0.2) is 0 Å². The molecule has 0 aliphatic carbocycles. The van der Waals surface area contributed by atoms with Gasteiger partial charge >= 0.3 is 5.97 Å². The maximum Gasteiger partial charge on any atom is 0.371 e. The van der Waals surface area contributed by atoms with Gasteiger partial charge < -0.3 is 14.8 Å². The summed E-state index contributed by atoms with van der Waals surface area (Å²) < 4.78 is 5.08. The van der Waals surface area contributed by atoms with Crippen LogP contribution in [0.5, 0.6) is 0 Å². The summed E-state index contributed by atoms with van der Waals surface area (Å²) in [6.07, 6.45) is 0. The predicted octanol–water partition coefficient (Wildman–Crippen LogP) is 0.546. The standard InChI is InChI=1S/C11H16N2O4/c1-3-12-10(14)7-13(2)6-8-4-5-9(17-8)11(15)16/h4-5H,3,6-7H2,1-2H3,(H,12,14)(H,15,16). The normalized spacial score (nSPS) is 10.5. The minimum absolute atomic E-state index is 0.0694. The van der Waals surface area contributed by atoms with E-state index < -0.39 is 5.97 Å². The van der Waals surface area contributed by atoms with Crippen LogP contribution in [-0.4, -0.2) is 42.0 Å². The maximum atomic E-state index is 11.3. The molecule has 0 saturated heterocycles. The fourth-order valence-corrected chi connectivity index (χ4v) is 1.40. The lowest BCUT2D eigenvalue weighted by molar-refractivity contribution is -0.122. The molecule has 0 radical (unpaired) electrons. The van der Waals surface area contributed by atoms with E-state index in [0.29, 0.717) is 18.8 Å². The average Bonchev–Trinajstić information content (AvgIpc) is 2.66. The first-order chi connectivity index (χ1) is 8.02. The molecule has 94 valence electrons. The summed E-state index contributed by atoms with van der Waals surface area (Å²) in [5.74, 6) is -0.733. The zero-order valence-corrected chi connectivity index (χ0v) is 9.90. The lowest BCUT2D eigenvalue weighted by Gasteiger charge is -2.14. The van der Waals surface area contributed by atoms with E-state index in [9.17, 15) is 9.59 Å². The second kappa shape index (κ2) is 6.05. The van der Waals surface area contributed by atoms with Crippen LogP contribution in [0.1, 0.15) is 23.2 Å². The molecule has 1 heterocycles. The van der Waals surface area contributed by atoms with Crippen molar-refractivity contribution >= 4 is 11.9 Å². The second-order valence-electron chi connectivity index (χ2n) is 3.70. The second-order valence-corrected chi connectivity index (χ2v) is 3.70. The number of aromatic carboxylic acids is 1. The summed E-state index contributed by atoms with van der Waals surface area (Å²) in [5.41, 5.74) is 0. The van der Waals surface area contributed by atoms with Crippen molar-refractivity contribution in [3.63, 3.8) is 0 Å². The highest BCUT2D eigenvalue weighted by Gasteiger charge is 2.11. The van der Waals surface area contributed by atoms with Crippen molar-refractivity contribution in [2.24, 2.45) is 0 Å². The van der Waals surface area contributed by atoms with Crippen LogP contribution < -0.4 is 5.32 Å². The largest absolute Gasteiger partial charge is 0.475 e. The monoisotopic (exact) mass is 240 g/mol. The summed E-state index contributed by atoms with van der Waals surface area (Å²) in [5, 5.41) is 11.4. The number of carbonyl (C=O) groups excluding carboxylic acids is 1. The van der Waals surface area contributed by atoms with Crippen molar-refractivity contribution in [1.82, 2.24) is 10.2 Å². The van der Waals surface area contributed by atoms with Gasteiger partial charge in [-0.25, -0.2) is 4.79 Å². The molecule has 6 heteroatoms. The molecule has 0 fully saturated rings. The first kappa shape index (κ1) is 13.2. The molecule has 0 bridgehead atoms. The Morgan fingerprint density at radius 1 is 1.47 bits per heavy atom. The Morgan fingerprint density at radius 2 is 2.18 bits per heavy atom. The summed E-state index contributed by atoms with van der Waals surface area (Å²) in [7, 11) is 1.76. The van der Waals surface area contributed by atoms with Crippen LogP contribution in [0.4, 0.5) is 0 Å². The van der Waals surface area contributed by atoms with E-state index in [4.69, 9.17) is 9.52 Å². The van der Waals surface area contributed by atoms with Crippen molar-refractivity contribution in [1.29, 1.82) is 0 Å². The molecule has 2 N–H and O–H groups in total. The number of carboxylic acid groups (broad SMARTS) is 1. The molecule has 1 amide bonds. The third-order valence-corrected chi connectivity index (χ3v) is 2.09. The van der Waals surface area contributed by atoms with E-state index in [1.165, 1.54) is 6.07 Å². The summed E-state index contributed by atoms with van der Waals surface area (Å²) in [6, 6.07) is 3.00. The number of rotatable bonds is 6. The highest BCUT2D eigenvalue weighted by molar-refractivity contribution is 5.84. The summed E-state index contributed by atoms with van der Waals surface area (Å²) in [4.78, 5) is 23.6. The Hall–Kier alpha value is -1.82. The van der Waals surface area contributed by atoms with Crippen molar-refractivity contribution in [3.8, 4) is 0 Å². The number of carbonyl (C=O) groups is 2. The minimum atomic E-state index is -1.09. The van der Waals surface area contributed by atoms with Gasteiger partial charge in [-0.1, -0.05) is 0 Å². The zero-order chi connectivity index (χ0) is 12.8. The molecule has 1 aromatic heterocycles. The van der Waals surface area contributed by atoms with Crippen molar-refractivity contribution in [2.75, 3.05) is 20.1 Å². The minimum Gasteiger partial charge on any atom is -0.475 e. The van der Waals surface area contributed by atoms with E-state index in [1.54, 1.807) is 18.0 Å². The molecule has 17 heavy (non-hydrogen) atoms. The molecule has 6 nitrogen and oxygen atoms in total. The SMILES string of the molecule is CCNC(=O)CN(C)Cc1ccc(C(=O)O)o1. The van der Waals surface area contributed by atoms with E-state index in [1.807, 2.05) is 6.92 Å². The molecule has 1 aromatic rings. The van der Waals surface area contributed by atoms with E-state index in [-0.39, 0.29) is 18.2 Å². The van der Waals surface area contributed by atoms with E-state index in [2.05, 4.69) is 5.32 Å². The molecule has 0 aromatic carbocycles. The smallest absolute Gasteiger partial charge is 0.371 e. The number of amides is 1. The molecular formula is C11H16N2O4. The van der Waals surface area contributed by atoms with Crippen LogP contribution in [0.2, 0.25) is 0 Å². The number of hydrogen-bond donors (Lipinski definition) is 2. The van der Waals surface area contributed by atoms with Crippen LogP contribution in [-0.2, 0) is 11.3 Å². The predicted molar refractivity (Wildman–Crippen MR) is 60.7 cm³/mol. The fourth-order valence-electron chi connectivity index (χ4n) is 1.40. The lowest BCUT2D eigenvalue weighted by atomic mass is 10.4. The highest BCUT2D eigenvalue weighted by Crippen LogP contribution is 2.09. The Kier molecular flexibility index (Phi) is 4.71. The first-order valence-corrected chi connectivity index (χ1v) is 5.30. The van der Waals surface area contributed by atoms with Gasteiger partial charge in [-0.2, -0.15) is 0 Å². The summed E-state index contributed by atoms with van der Waals surface area (Å²) >= 11 is 0. The van der Waals surface area contributed by atoms with Crippen molar-refractivity contribution in [3.05, 3.63) is 23.7 Å². The number of nitrogens with zero attached hydrogens (tertiary/aromatic N) is 1. The highest BCUT2D eigenvalue weighted by atomic mass is 16.4. The first-order valence-electron chi connectivity index (χ1n) is 5.30. The van der Waals surface area contributed by atoms with Crippen LogP contribution in [0.3, 0.4) is 0 Å². The maximum absolute atomic E-state index is 11.3. The van der Waals surface area contributed by atoms with Gasteiger partial charge in [-0.3, -0.25) is 9.69 Å². The molecule has 0 unspecified atom stereocenters. The quantitative estimate of drug-likeness (QED) is 0.758. The van der Waals surface area contributed by atoms with Gasteiger partial charge in [0.1, 0.15) is 5.76 Å². The van der Waals surface area contributed by atoms with Gasteiger partial charge in [-0.05, 0) is 26.1 Å². The van der Waals surface area contributed by atoms with Crippen molar-refractivity contribution < 1.29 is 19.1 Å². The van der Waals surface area contributed by atoms with E-state index >= 15 is 0 Å². The van der Waals surface area contributed by atoms with Crippen molar-refractivity contribution in [2.45, 2.75) is 13.5 Å². The Bertz CT molecular complexity index is 400. The molecule has 1 rings (SSSR count). The lowest BCUT2D eigenvalue weighted by Crippen LogP contribution is -2.34. The third kappa shape index (κ3) is 4.28. The molecule has 0 spiro atoms. The zero-order valence-electron chi connectivity index (χ0n) is 9.90. The van der Waals surface area contributed by atoms with Crippen LogP contribution >= 0.6 is 0 Å². The summed E-state index contributed by atoms with van der Waals surface area (Å²) in [6.45, 7) is 3.08. The molecular weight excluding hydrogens is 224 g/mol. The Morgan fingerprint density at radius 3 is 2.71 bits per heavy atom. The fraction of sp³-hybridized carbons (Fsp3) is 0.455. The number of nitrogens with one attached hydrogen (secondary N) is 1. The van der Waals surface area contributed by atoms with Gasteiger partial charge in [0.05, 0.1) is 13.1 Å². The molecule has 0 aliphatic heterocycles. The van der Waals surface area contributed by atoms with Gasteiger partial charge in [0.25, 0.3) is 0 Å². The van der Waals surface area contributed by atoms with Crippen LogP contribution in [0.25, 0.3) is 0 Å². The number of carboxylic acids is 1. The average molecular weight is 240 g/mol. The Labute approximate surface area is 99.2 Å².